The van der Waals surface area contributed by atoms with Gasteiger partial charge in [-0.15, -0.1) is 11.6 Å². The number of hydrogen-bond acceptors (Lipinski definition) is 3. The van der Waals surface area contributed by atoms with E-state index < -0.39 is 18.2 Å². The number of carboxylic acids is 1. The summed E-state index contributed by atoms with van der Waals surface area (Å²) >= 11 is 6.44. The maximum atomic E-state index is 10.5. The average molecular weight is 401 g/mol. The number of alkyl halides is 1. The zero-order chi connectivity index (χ0) is 20.2. The Balaban J connectivity index is 2.50. The lowest BCUT2D eigenvalue weighted by Gasteiger charge is -2.20. The Hall–Kier alpha value is -0.840. The minimum absolute atomic E-state index is 0.0447. The molecular formula is C22H37ClO4. The number of rotatable bonds is 13. The van der Waals surface area contributed by atoms with E-state index in [0.717, 1.165) is 25.7 Å². The van der Waals surface area contributed by atoms with Gasteiger partial charge in [0.15, 0.2) is 0 Å². The van der Waals surface area contributed by atoms with Crippen molar-refractivity contribution in [3.8, 4) is 0 Å². The number of aliphatic hydroxyl groups is 2. The lowest BCUT2D eigenvalue weighted by Crippen LogP contribution is -2.19. The molecule has 6 atom stereocenters. The highest BCUT2D eigenvalue weighted by atomic mass is 35.5. The van der Waals surface area contributed by atoms with Gasteiger partial charge < -0.3 is 15.3 Å². The number of carboxylic acid groups (broad SMARTS) is 1. The molecule has 0 aromatic heterocycles. The van der Waals surface area contributed by atoms with Crippen molar-refractivity contribution >= 4 is 17.6 Å². The van der Waals surface area contributed by atoms with Crippen LogP contribution in [0.4, 0.5) is 0 Å². The summed E-state index contributed by atoms with van der Waals surface area (Å²) < 4.78 is 0. The second-order valence-corrected chi connectivity index (χ2v) is 8.55. The SMILES string of the molecule is CCCC[C@H](C)C[C@H](O)C=C[C@@H]1[C@@H](CC=CCCCC(=O)O)[C@H](Cl)C[C@H]1O. The van der Waals surface area contributed by atoms with E-state index in [1.54, 1.807) is 0 Å². The van der Waals surface area contributed by atoms with Gasteiger partial charge in [-0.1, -0.05) is 57.4 Å². The van der Waals surface area contributed by atoms with Gasteiger partial charge >= 0.3 is 5.97 Å². The summed E-state index contributed by atoms with van der Waals surface area (Å²) in [6, 6.07) is 0. The molecule has 5 heteroatoms. The van der Waals surface area contributed by atoms with Gasteiger partial charge in [-0.2, -0.15) is 0 Å². The molecule has 0 spiro atoms. The van der Waals surface area contributed by atoms with E-state index in [1.165, 1.54) is 12.8 Å². The van der Waals surface area contributed by atoms with Crippen LogP contribution in [0.1, 0.15) is 71.6 Å². The Kier molecular flexibility index (Phi) is 12.0. The van der Waals surface area contributed by atoms with E-state index in [4.69, 9.17) is 16.7 Å². The number of hydrogen-bond donors (Lipinski definition) is 3. The van der Waals surface area contributed by atoms with Crippen LogP contribution in [-0.2, 0) is 4.79 Å². The molecule has 156 valence electrons. The lowest BCUT2D eigenvalue weighted by atomic mass is 9.89. The van der Waals surface area contributed by atoms with Gasteiger partial charge in [0.05, 0.1) is 12.2 Å². The molecule has 0 unspecified atom stereocenters. The summed E-state index contributed by atoms with van der Waals surface area (Å²) in [5.41, 5.74) is 0. The van der Waals surface area contributed by atoms with Crippen molar-refractivity contribution in [2.45, 2.75) is 89.2 Å². The summed E-state index contributed by atoms with van der Waals surface area (Å²) in [4.78, 5) is 10.5. The summed E-state index contributed by atoms with van der Waals surface area (Å²) in [6.07, 6.45) is 14.0. The van der Waals surface area contributed by atoms with Gasteiger partial charge in [0.1, 0.15) is 0 Å². The zero-order valence-electron chi connectivity index (χ0n) is 16.8. The standard InChI is InChI=1S/C22H37ClO4/c1-3-4-9-16(2)14-17(24)12-13-19-18(20(23)15-21(19)25)10-7-5-6-8-11-22(26)27/h5,7,12-13,16-21,24-25H,3-4,6,8-11,14-15H2,1-2H3,(H,26,27)/t16-,17+,18+,19+,20+,21+/m0/s1. The first kappa shape index (κ1) is 24.2. The van der Waals surface area contributed by atoms with Crippen LogP contribution in [0.3, 0.4) is 0 Å². The number of carbonyl (C=O) groups is 1. The molecule has 0 aromatic rings. The minimum atomic E-state index is -0.768. The minimum Gasteiger partial charge on any atom is -0.481 e. The third kappa shape index (κ3) is 9.77. The van der Waals surface area contributed by atoms with Crippen LogP contribution >= 0.6 is 11.6 Å². The first-order valence-corrected chi connectivity index (χ1v) is 10.8. The second kappa shape index (κ2) is 13.4. The van der Waals surface area contributed by atoms with Crippen molar-refractivity contribution in [1.29, 1.82) is 0 Å². The summed E-state index contributed by atoms with van der Waals surface area (Å²) in [7, 11) is 0. The van der Waals surface area contributed by atoms with E-state index in [-0.39, 0.29) is 23.6 Å². The number of unbranched alkanes of at least 4 members (excludes halogenated alkanes) is 2. The lowest BCUT2D eigenvalue weighted by molar-refractivity contribution is -0.137. The molecular weight excluding hydrogens is 364 g/mol. The van der Waals surface area contributed by atoms with Crippen LogP contribution in [0, 0.1) is 17.8 Å². The molecule has 0 radical (unpaired) electrons. The first-order chi connectivity index (χ1) is 12.8. The monoisotopic (exact) mass is 400 g/mol. The number of halogens is 1. The highest BCUT2D eigenvalue weighted by molar-refractivity contribution is 6.21. The molecule has 4 nitrogen and oxygen atoms in total. The Labute approximate surface area is 169 Å². The third-order valence-corrected chi connectivity index (χ3v) is 5.96. The molecule has 0 aliphatic heterocycles. The van der Waals surface area contributed by atoms with Crippen molar-refractivity contribution in [2.75, 3.05) is 0 Å². The van der Waals surface area contributed by atoms with E-state index >= 15 is 0 Å². The van der Waals surface area contributed by atoms with Crippen molar-refractivity contribution < 1.29 is 20.1 Å². The van der Waals surface area contributed by atoms with Crippen molar-refractivity contribution in [1.82, 2.24) is 0 Å². The largest absolute Gasteiger partial charge is 0.481 e. The van der Waals surface area contributed by atoms with Gasteiger partial charge in [0, 0.05) is 17.7 Å². The predicted octanol–water partition coefficient (Wildman–Crippen LogP) is 4.93. The number of allylic oxidation sites excluding steroid dienone is 2. The normalized spacial score (nSPS) is 28.2. The first-order valence-electron chi connectivity index (χ1n) is 10.4. The van der Waals surface area contributed by atoms with Crippen LogP contribution < -0.4 is 0 Å². The maximum Gasteiger partial charge on any atom is 0.303 e. The number of aliphatic hydroxyl groups excluding tert-OH is 2. The summed E-state index contributed by atoms with van der Waals surface area (Å²) in [5, 5.41) is 29.2. The van der Waals surface area contributed by atoms with Gasteiger partial charge in [0.25, 0.3) is 0 Å². The number of aliphatic carboxylic acids is 1. The third-order valence-electron chi connectivity index (χ3n) is 5.46. The van der Waals surface area contributed by atoms with Gasteiger partial charge in [-0.25, -0.2) is 0 Å². The molecule has 27 heavy (non-hydrogen) atoms. The maximum absolute atomic E-state index is 10.5. The smallest absolute Gasteiger partial charge is 0.303 e. The molecule has 0 aromatic carbocycles. The quantitative estimate of drug-likeness (QED) is 0.233. The predicted molar refractivity (Wildman–Crippen MR) is 111 cm³/mol. The topological polar surface area (TPSA) is 77.8 Å². The van der Waals surface area contributed by atoms with E-state index in [9.17, 15) is 15.0 Å². The van der Waals surface area contributed by atoms with Gasteiger partial charge in [-0.05, 0) is 43.9 Å². The van der Waals surface area contributed by atoms with Crippen LogP contribution in [-0.4, -0.2) is 38.9 Å². The Bertz CT molecular complexity index is 477. The Morgan fingerprint density at radius 2 is 2.04 bits per heavy atom. The Morgan fingerprint density at radius 3 is 2.70 bits per heavy atom. The van der Waals surface area contributed by atoms with Crippen molar-refractivity contribution in [2.24, 2.45) is 17.8 Å². The average Bonchev–Trinajstić information content (AvgIpc) is 2.87. The van der Waals surface area contributed by atoms with Crippen LogP contribution in [0.15, 0.2) is 24.3 Å². The molecule has 0 amide bonds. The molecule has 1 aliphatic rings. The molecule has 1 saturated carbocycles. The van der Waals surface area contributed by atoms with Crippen molar-refractivity contribution in [3.63, 3.8) is 0 Å². The van der Waals surface area contributed by atoms with E-state index in [1.807, 2.05) is 24.3 Å². The van der Waals surface area contributed by atoms with Crippen LogP contribution in [0.25, 0.3) is 0 Å². The second-order valence-electron chi connectivity index (χ2n) is 7.99. The van der Waals surface area contributed by atoms with Crippen molar-refractivity contribution in [3.05, 3.63) is 24.3 Å². The molecule has 0 heterocycles. The van der Waals surface area contributed by atoms with Crippen LogP contribution in [0.2, 0.25) is 0 Å². The molecule has 0 bridgehead atoms. The Morgan fingerprint density at radius 1 is 1.30 bits per heavy atom. The van der Waals surface area contributed by atoms with E-state index in [2.05, 4.69) is 13.8 Å². The zero-order valence-corrected chi connectivity index (χ0v) is 17.5. The summed E-state index contributed by atoms with van der Waals surface area (Å²) in [6.45, 7) is 4.34. The molecule has 1 rings (SSSR count). The molecule has 1 aliphatic carbocycles. The molecule has 3 N–H and O–H groups in total. The fraction of sp³-hybridized carbons (Fsp3) is 0.773. The highest BCUT2D eigenvalue weighted by Crippen LogP contribution is 2.39. The molecule has 1 fully saturated rings. The molecule has 0 saturated heterocycles. The fourth-order valence-electron chi connectivity index (χ4n) is 3.83. The van der Waals surface area contributed by atoms with Gasteiger partial charge in [0.2, 0.25) is 0 Å². The fourth-order valence-corrected chi connectivity index (χ4v) is 4.28. The van der Waals surface area contributed by atoms with E-state index in [0.29, 0.717) is 18.8 Å². The highest BCUT2D eigenvalue weighted by Gasteiger charge is 2.39. The van der Waals surface area contributed by atoms with Crippen LogP contribution in [0.5, 0.6) is 0 Å². The summed E-state index contributed by atoms with van der Waals surface area (Å²) in [5.74, 6) is -0.186. The van der Waals surface area contributed by atoms with Gasteiger partial charge in [-0.3, -0.25) is 4.79 Å².